The summed E-state index contributed by atoms with van der Waals surface area (Å²) in [5.74, 6) is 0. The summed E-state index contributed by atoms with van der Waals surface area (Å²) in [6, 6.07) is 0.337. The van der Waals surface area contributed by atoms with Crippen molar-refractivity contribution in [3.8, 4) is 0 Å². The van der Waals surface area contributed by atoms with E-state index in [1.165, 1.54) is 6.42 Å². The van der Waals surface area contributed by atoms with Crippen molar-refractivity contribution in [1.29, 1.82) is 0 Å². The summed E-state index contributed by atoms with van der Waals surface area (Å²) in [5.41, 5.74) is -0.968. The van der Waals surface area contributed by atoms with E-state index < -0.39 is 11.2 Å². The Morgan fingerprint density at radius 3 is 2.38 bits per heavy atom. The van der Waals surface area contributed by atoms with Gasteiger partial charge in [-0.1, -0.05) is 19.3 Å². The van der Waals surface area contributed by atoms with Gasteiger partial charge in [-0.25, -0.2) is 4.79 Å². The van der Waals surface area contributed by atoms with Crippen LogP contribution in [-0.4, -0.2) is 64.9 Å². The van der Waals surface area contributed by atoms with Crippen LogP contribution in [0, 0.1) is 0 Å². The quantitative estimate of drug-likeness (QED) is 0.868. The number of hydrogen-bond acceptors (Lipinski definition) is 4. The van der Waals surface area contributed by atoms with Gasteiger partial charge in [-0.15, -0.1) is 0 Å². The number of likely N-dealkylation sites (tertiary alicyclic amines) is 1. The van der Waals surface area contributed by atoms with Crippen LogP contribution in [0.15, 0.2) is 0 Å². The van der Waals surface area contributed by atoms with E-state index in [4.69, 9.17) is 4.74 Å². The Bertz CT molecular complexity index is 366. The number of carbonyl (C=O) groups is 1. The maximum absolute atomic E-state index is 11.9. The Balaban J connectivity index is 1.74. The van der Waals surface area contributed by atoms with Crippen molar-refractivity contribution in [3.05, 3.63) is 0 Å². The molecule has 1 amide bonds. The zero-order chi connectivity index (χ0) is 15.7. The van der Waals surface area contributed by atoms with Crippen LogP contribution in [0.25, 0.3) is 0 Å². The lowest BCUT2D eigenvalue weighted by molar-refractivity contribution is -0.0539. The summed E-state index contributed by atoms with van der Waals surface area (Å²) in [4.78, 5) is 15.8. The number of likely N-dealkylation sites (N-methyl/N-ethyl adjacent to an activating group) is 1. The fourth-order valence-electron chi connectivity index (χ4n) is 3.17. The minimum atomic E-state index is -0.528. The second-order valence-electron chi connectivity index (χ2n) is 7.74. The molecule has 1 N–H and O–H groups in total. The van der Waals surface area contributed by atoms with Gasteiger partial charge in [0, 0.05) is 25.7 Å². The summed E-state index contributed by atoms with van der Waals surface area (Å²) in [6.45, 7) is 7.75. The largest absolute Gasteiger partial charge is 0.444 e. The van der Waals surface area contributed by atoms with Gasteiger partial charge < -0.3 is 14.7 Å². The molecule has 1 aliphatic carbocycles. The molecule has 0 aromatic heterocycles. The number of rotatable bonds is 3. The lowest BCUT2D eigenvalue weighted by Gasteiger charge is -2.46. The molecule has 1 saturated carbocycles. The van der Waals surface area contributed by atoms with Gasteiger partial charge in [0.25, 0.3) is 0 Å². The molecular formula is C16H30N2O3. The average molecular weight is 298 g/mol. The molecule has 5 heteroatoms. The topological polar surface area (TPSA) is 53.0 Å². The highest BCUT2D eigenvalue weighted by atomic mass is 16.6. The summed E-state index contributed by atoms with van der Waals surface area (Å²) in [6.07, 6.45) is 5.06. The van der Waals surface area contributed by atoms with Gasteiger partial charge >= 0.3 is 6.09 Å². The van der Waals surface area contributed by atoms with E-state index in [1.54, 1.807) is 4.90 Å². The van der Waals surface area contributed by atoms with Crippen molar-refractivity contribution in [3.63, 3.8) is 0 Å². The van der Waals surface area contributed by atoms with Crippen molar-refractivity contribution < 1.29 is 14.6 Å². The van der Waals surface area contributed by atoms with Crippen molar-refractivity contribution in [2.24, 2.45) is 0 Å². The first kappa shape index (κ1) is 16.6. The molecule has 122 valence electrons. The van der Waals surface area contributed by atoms with E-state index in [-0.39, 0.29) is 6.09 Å². The number of hydrogen-bond donors (Lipinski definition) is 1. The number of ether oxygens (including phenoxy) is 1. The standard InChI is InChI=1S/C16H30N2O3/c1-15(2,3)21-14(19)18-10-13(11-18)17(4)12-16(20)8-6-5-7-9-16/h13,20H,5-12H2,1-4H3. The smallest absolute Gasteiger partial charge is 0.410 e. The molecule has 0 aromatic carbocycles. The van der Waals surface area contributed by atoms with Crippen LogP contribution in [0.5, 0.6) is 0 Å². The first-order valence-corrected chi connectivity index (χ1v) is 8.09. The lowest BCUT2D eigenvalue weighted by Crippen LogP contribution is -2.62. The van der Waals surface area contributed by atoms with E-state index in [2.05, 4.69) is 4.90 Å². The Morgan fingerprint density at radius 2 is 1.86 bits per heavy atom. The fraction of sp³-hybridized carbons (Fsp3) is 0.938. The predicted molar refractivity (Wildman–Crippen MR) is 82.3 cm³/mol. The monoisotopic (exact) mass is 298 g/mol. The second kappa shape index (κ2) is 6.13. The predicted octanol–water partition coefficient (Wildman–Crippen LogP) is 2.23. The highest BCUT2D eigenvalue weighted by Gasteiger charge is 2.39. The third kappa shape index (κ3) is 4.58. The fourth-order valence-corrected chi connectivity index (χ4v) is 3.17. The van der Waals surface area contributed by atoms with Crippen molar-refractivity contribution in [1.82, 2.24) is 9.80 Å². The number of amides is 1. The molecule has 2 rings (SSSR count). The van der Waals surface area contributed by atoms with E-state index in [0.29, 0.717) is 25.7 Å². The molecule has 0 aromatic rings. The first-order chi connectivity index (χ1) is 9.69. The van der Waals surface area contributed by atoms with E-state index >= 15 is 0 Å². The third-order valence-corrected chi connectivity index (χ3v) is 4.47. The Kier molecular flexibility index (Phi) is 4.83. The molecular weight excluding hydrogens is 268 g/mol. The summed E-state index contributed by atoms with van der Waals surface area (Å²) >= 11 is 0. The van der Waals surface area contributed by atoms with E-state index in [9.17, 15) is 9.90 Å². The van der Waals surface area contributed by atoms with Gasteiger partial charge in [-0.05, 0) is 40.7 Å². The molecule has 1 saturated heterocycles. The molecule has 0 atom stereocenters. The summed E-state index contributed by atoms with van der Waals surface area (Å²) < 4.78 is 5.36. The second-order valence-corrected chi connectivity index (χ2v) is 7.74. The van der Waals surface area contributed by atoms with Gasteiger partial charge in [0.2, 0.25) is 0 Å². The van der Waals surface area contributed by atoms with Crippen LogP contribution in [-0.2, 0) is 4.74 Å². The maximum Gasteiger partial charge on any atom is 0.410 e. The lowest BCUT2D eigenvalue weighted by atomic mass is 9.84. The summed E-state index contributed by atoms with van der Waals surface area (Å²) in [7, 11) is 2.05. The van der Waals surface area contributed by atoms with Crippen LogP contribution >= 0.6 is 0 Å². The SMILES string of the molecule is CN(CC1(O)CCCCC1)C1CN(C(=O)OC(C)(C)C)C1. The number of carbonyl (C=O) groups excluding carboxylic acids is 1. The van der Waals surface area contributed by atoms with Gasteiger partial charge in [0.05, 0.1) is 5.60 Å². The number of aliphatic hydroxyl groups is 1. The van der Waals surface area contributed by atoms with Crippen LogP contribution in [0.2, 0.25) is 0 Å². The molecule has 1 heterocycles. The molecule has 2 fully saturated rings. The Hall–Kier alpha value is -0.810. The average Bonchev–Trinajstić information content (AvgIpc) is 2.24. The normalized spacial score (nSPS) is 23.0. The van der Waals surface area contributed by atoms with E-state index in [0.717, 1.165) is 25.7 Å². The zero-order valence-electron chi connectivity index (χ0n) is 13.9. The molecule has 0 unspecified atom stereocenters. The highest BCUT2D eigenvalue weighted by Crippen LogP contribution is 2.30. The molecule has 5 nitrogen and oxygen atoms in total. The molecule has 1 aliphatic heterocycles. The minimum Gasteiger partial charge on any atom is -0.444 e. The van der Waals surface area contributed by atoms with E-state index in [1.807, 2.05) is 27.8 Å². The van der Waals surface area contributed by atoms with Gasteiger partial charge in [-0.2, -0.15) is 0 Å². The van der Waals surface area contributed by atoms with Crippen molar-refractivity contribution >= 4 is 6.09 Å². The van der Waals surface area contributed by atoms with Crippen LogP contribution in [0.3, 0.4) is 0 Å². The van der Waals surface area contributed by atoms with Crippen LogP contribution in [0.1, 0.15) is 52.9 Å². The molecule has 0 radical (unpaired) electrons. The van der Waals surface area contributed by atoms with Crippen molar-refractivity contribution in [2.75, 3.05) is 26.7 Å². The van der Waals surface area contributed by atoms with Gasteiger partial charge in [-0.3, -0.25) is 4.90 Å². The Morgan fingerprint density at radius 1 is 1.29 bits per heavy atom. The molecule has 21 heavy (non-hydrogen) atoms. The minimum absolute atomic E-state index is 0.233. The maximum atomic E-state index is 11.9. The van der Waals surface area contributed by atoms with Gasteiger partial charge in [0.15, 0.2) is 0 Å². The van der Waals surface area contributed by atoms with Gasteiger partial charge in [0.1, 0.15) is 5.60 Å². The van der Waals surface area contributed by atoms with Crippen LogP contribution < -0.4 is 0 Å². The summed E-state index contributed by atoms with van der Waals surface area (Å²) in [5, 5.41) is 10.6. The van der Waals surface area contributed by atoms with Crippen molar-refractivity contribution in [2.45, 2.75) is 70.1 Å². The third-order valence-electron chi connectivity index (χ3n) is 4.47. The van der Waals surface area contributed by atoms with Crippen LogP contribution in [0.4, 0.5) is 4.79 Å². The molecule has 0 spiro atoms. The number of nitrogens with zero attached hydrogens (tertiary/aromatic N) is 2. The Labute approximate surface area is 128 Å². The highest BCUT2D eigenvalue weighted by molar-refractivity contribution is 5.69. The first-order valence-electron chi connectivity index (χ1n) is 8.09. The zero-order valence-corrected chi connectivity index (χ0v) is 13.9. The molecule has 2 aliphatic rings. The molecule has 0 bridgehead atoms.